The van der Waals surface area contributed by atoms with E-state index in [9.17, 15) is 9.59 Å². The van der Waals surface area contributed by atoms with Crippen molar-refractivity contribution < 1.29 is 9.59 Å². The van der Waals surface area contributed by atoms with Gasteiger partial charge in [0.25, 0.3) is 11.8 Å². The standard InChI is InChI=1S/C20H17N3O2/c1-14-4-2-3-5-18(14)20(25)23-17-8-6-16(7-9-17)22-19(24)15-10-12-21-13-11-15/h2-13H,1H3,(H,22,24)(H,23,25). The quantitative estimate of drug-likeness (QED) is 0.762. The first-order valence-electron chi connectivity index (χ1n) is 7.82. The van der Waals surface area contributed by atoms with Crippen LogP contribution in [0.2, 0.25) is 0 Å². The van der Waals surface area contributed by atoms with Crippen LogP contribution in [0.1, 0.15) is 26.3 Å². The van der Waals surface area contributed by atoms with E-state index in [4.69, 9.17) is 0 Å². The summed E-state index contributed by atoms with van der Waals surface area (Å²) in [5, 5.41) is 5.65. The monoisotopic (exact) mass is 331 g/mol. The van der Waals surface area contributed by atoms with E-state index >= 15 is 0 Å². The molecule has 5 nitrogen and oxygen atoms in total. The number of hydrogen-bond donors (Lipinski definition) is 2. The lowest BCUT2D eigenvalue weighted by Gasteiger charge is -2.09. The van der Waals surface area contributed by atoms with Gasteiger partial charge in [-0.2, -0.15) is 0 Å². The van der Waals surface area contributed by atoms with Gasteiger partial charge in [-0.3, -0.25) is 14.6 Å². The molecule has 25 heavy (non-hydrogen) atoms. The topological polar surface area (TPSA) is 71.1 Å². The SMILES string of the molecule is Cc1ccccc1C(=O)Nc1ccc(NC(=O)c2ccncc2)cc1. The summed E-state index contributed by atoms with van der Waals surface area (Å²) in [7, 11) is 0. The minimum atomic E-state index is -0.209. The molecular weight excluding hydrogens is 314 g/mol. The van der Waals surface area contributed by atoms with Crippen LogP contribution in [-0.4, -0.2) is 16.8 Å². The highest BCUT2D eigenvalue weighted by Gasteiger charge is 2.09. The van der Waals surface area contributed by atoms with E-state index in [2.05, 4.69) is 15.6 Å². The molecule has 2 aromatic carbocycles. The van der Waals surface area contributed by atoms with Gasteiger partial charge in [-0.15, -0.1) is 0 Å². The first-order valence-corrected chi connectivity index (χ1v) is 7.82. The second-order valence-corrected chi connectivity index (χ2v) is 5.54. The van der Waals surface area contributed by atoms with E-state index in [1.165, 1.54) is 0 Å². The molecule has 0 fully saturated rings. The molecule has 0 spiro atoms. The number of rotatable bonds is 4. The highest BCUT2D eigenvalue weighted by atomic mass is 16.2. The van der Waals surface area contributed by atoms with Crippen LogP contribution >= 0.6 is 0 Å². The van der Waals surface area contributed by atoms with Gasteiger partial charge in [-0.1, -0.05) is 18.2 Å². The number of anilines is 2. The lowest BCUT2D eigenvalue weighted by molar-refractivity contribution is 0.101. The Balaban J connectivity index is 1.65. The van der Waals surface area contributed by atoms with Crippen LogP contribution in [0.15, 0.2) is 73.1 Å². The zero-order chi connectivity index (χ0) is 17.6. The maximum atomic E-state index is 12.3. The molecule has 0 atom stereocenters. The predicted molar refractivity (Wildman–Crippen MR) is 97.8 cm³/mol. The van der Waals surface area contributed by atoms with E-state index < -0.39 is 0 Å². The molecule has 0 saturated heterocycles. The normalized spacial score (nSPS) is 10.1. The molecule has 5 heteroatoms. The number of nitrogens with one attached hydrogen (secondary N) is 2. The fourth-order valence-electron chi connectivity index (χ4n) is 2.37. The summed E-state index contributed by atoms with van der Waals surface area (Å²) in [4.78, 5) is 28.3. The number of amides is 2. The van der Waals surface area contributed by atoms with Gasteiger partial charge in [0, 0.05) is 34.9 Å². The summed E-state index contributed by atoms with van der Waals surface area (Å²) in [6.45, 7) is 1.90. The zero-order valence-corrected chi connectivity index (χ0v) is 13.7. The van der Waals surface area contributed by atoms with Gasteiger partial charge in [-0.25, -0.2) is 0 Å². The zero-order valence-electron chi connectivity index (χ0n) is 13.7. The molecule has 0 aliphatic carbocycles. The molecule has 3 rings (SSSR count). The molecule has 0 radical (unpaired) electrons. The van der Waals surface area contributed by atoms with Gasteiger partial charge in [-0.05, 0) is 55.0 Å². The second kappa shape index (κ2) is 7.40. The molecule has 1 heterocycles. The highest BCUT2D eigenvalue weighted by Crippen LogP contribution is 2.16. The van der Waals surface area contributed by atoms with Gasteiger partial charge in [0.1, 0.15) is 0 Å². The third-order valence-electron chi connectivity index (χ3n) is 3.73. The Kier molecular flexibility index (Phi) is 4.85. The molecule has 3 aromatic rings. The van der Waals surface area contributed by atoms with E-state index in [0.717, 1.165) is 5.56 Å². The Morgan fingerprint density at radius 3 is 1.92 bits per heavy atom. The number of nitrogens with zero attached hydrogens (tertiary/aromatic N) is 1. The molecular formula is C20H17N3O2. The van der Waals surface area contributed by atoms with Crippen molar-refractivity contribution in [2.75, 3.05) is 10.6 Å². The molecule has 0 aliphatic rings. The predicted octanol–water partition coefficient (Wildman–Crippen LogP) is 3.89. The molecule has 0 unspecified atom stereocenters. The van der Waals surface area contributed by atoms with Gasteiger partial charge >= 0.3 is 0 Å². The summed E-state index contributed by atoms with van der Waals surface area (Å²) in [5.74, 6) is -0.370. The van der Waals surface area contributed by atoms with Crippen molar-refractivity contribution in [1.82, 2.24) is 4.98 Å². The summed E-state index contributed by atoms with van der Waals surface area (Å²) in [6.07, 6.45) is 3.14. The van der Waals surface area contributed by atoms with E-state index in [1.54, 1.807) is 54.9 Å². The average molecular weight is 331 g/mol. The third kappa shape index (κ3) is 4.09. The van der Waals surface area contributed by atoms with Crippen LogP contribution in [-0.2, 0) is 0 Å². The smallest absolute Gasteiger partial charge is 0.255 e. The lowest BCUT2D eigenvalue weighted by atomic mass is 10.1. The van der Waals surface area contributed by atoms with Crippen LogP contribution in [0.25, 0.3) is 0 Å². The molecule has 2 N–H and O–H groups in total. The molecule has 2 amide bonds. The second-order valence-electron chi connectivity index (χ2n) is 5.54. The Labute approximate surface area is 145 Å². The highest BCUT2D eigenvalue weighted by molar-refractivity contribution is 6.06. The molecule has 0 saturated carbocycles. The fourth-order valence-corrected chi connectivity index (χ4v) is 2.37. The molecule has 0 bridgehead atoms. The number of hydrogen-bond acceptors (Lipinski definition) is 3. The van der Waals surface area contributed by atoms with Crippen molar-refractivity contribution in [3.63, 3.8) is 0 Å². The van der Waals surface area contributed by atoms with Crippen LogP contribution in [0.5, 0.6) is 0 Å². The summed E-state index contributed by atoms with van der Waals surface area (Å²) < 4.78 is 0. The van der Waals surface area contributed by atoms with Crippen molar-refractivity contribution in [2.45, 2.75) is 6.92 Å². The summed E-state index contributed by atoms with van der Waals surface area (Å²) >= 11 is 0. The number of benzene rings is 2. The van der Waals surface area contributed by atoms with Crippen molar-refractivity contribution in [3.8, 4) is 0 Å². The van der Waals surface area contributed by atoms with Gasteiger partial charge in [0.05, 0.1) is 0 Å². The fraction of sp³-hybridized carbons (Fsp3) is 0.0500. The summed E-state index contributed by atoms with van der Waals surface area (Å²) in [6, 6.07) is 17.7. The minimum absolute atomic E-state index is 0.160. The first-order chi connectivity index (χ1) is 12.1. The van der Waals surface area contributed by atoms with Crippen LogP contribution in [0, 0.1) is 6.92 Å². The van der Waals surface area contributed by atoms with E-state index in [1.807, 2.05) is 25.1 Å². The van der Waals surface area contributed by atoms with E-state index in [-0.39, 0.29) is 11.8 Å². The minimum Gasteiger partial charge on any atom is -0.322 e. The van der Waals surface area contributed by atoms with Crippen molar-refractivity contribution >= 4 is 23.2 Å². The van der Waals surface area contributed by atoms with Gasteiger partial charge in [0.2, 0.25) is 0 Å². The Bertz CT molecular complexity index is 890. The van der Waals surface area contributed by atoms with E-state index in [0.29, 0.717) is 22.5 Å². The lowest BCUT2D eigenvalue weighted by Crippen LogP contribution is -2.14. The van der Waals surface area contributed by atoms with Crippen LogP contribution in [0.4, 0.5) is 11.4 Å². The Morgan fingerprint density at radius 2 is 1.32 bits per heavy atom. The Hall–Kier alpha value is -3.47. The summed E-state index contributed by atoms with van der Waals surface area (Å²) in [5.41, 5.74) is 3.40. The van der Waals surface area contributed by atoms with Crippen molar-refractivity contribution in [2.24, 2.45) is 0 Å². The first kappa shape index (κ1) is 16.4. The Morgan fingerprint density at radius 1 is 0.760 bits per heavy atom. The molecule has 1 aromatic heterocycles. The van der Waals surface area contributed by atoms with Crippen molar-refractivity contribution in [1.29, 1.82) is 0 Å². The van der Waals surface area contributed by atoms with Crippen molar-refractivity contribution in [3.05, 3.63) is 89.7 Å². The maximum Gasteiger partial charge on any atom is 0.255 e. The number of carbonyl (C=O) groups is 2. The number of pyridine rings is 1. The number of aryl methyl sites for hydroxylation is 1. The van der Waals surface area contributed by atoms with Gasteiger partial charge in [0.15, 0.2) is 0 Å². The largest absolute Gasteiger partial charge is 0.322 e. The molecule has 0 aliphatic heterocycles. The number of aromatic nitrogens is 1. The number of carbonyl (C=O) groups excluding carboxylic acids is 2. The average Bonchev–Trinajstić information content (AvgIpc) is 2.64. The maximum absolute atomic E-state index is 12.3. The third-order valence-corrected chi connectivity index (χ3v) is 3.73. The van der Waals surface area contributed by atoms with Gasteiger partial charge < -0.3 is 10.6 Å². The molecule has 124 valence electrons. The van der Waals surface area contributed by atoms with Crippen LogP contribution < -0.4 is 10.6 Å². The van der Waals surface area contributed by atoms with Crippen LogP contribution in [0.3, 0.4) is 0 Å².